The average Bonchev–Trinajstić information content (AvgIpc) is 2.36. The van der Waals surface area contributed by atoms with Gasteiger partial charge in [-0.2, -0.15) is 5.10 Å². The van der Waals surface area contributed by atoms with E-state index >= 15 is 0 Å². The molecular weight excluding hydrogens is 256 g/mol. The van der Waals surface area contributed by atoms with Crippen LogP contribution in [-0.4, -0.2) is 20.9 Å². The number of hydrogen-bond donors (Lipinski definition) is 1. The predicted molar refractivity (Wildman–Crippen MR) is 71.6 cm³/mol. The van der Waals surface area contributed by atoms with Gasteiger partial charge in [-0.1, -0.05) is 0 Å². The van der Waals surface area contributed by atoms with Crippen LogP contribution < -0.4 is 5.56 Å². The molecule has 0 unspecified atom stereocenters. The molecule has 1 aromatic rings. The van der Waals surface area contributed by atoms with Gasteiger partial charge < -0.3 is 5.11 Å². The summed E-state index contributed by atoms with van der Waals surface area (Å²) in [5.41, 5.74) is -0.796. The van der Waals surface area contributed by atoms with E-state index in [0.717, 1.165) is 19.3 Å². The van der Waals surface area contributed by atoms with Crippen LogP contribution in [-0.2, 0) is 5.54 Å². The summed E-state index contributed by atoms with van der Waals surface area (Å²) in [6.07, 6.45) is 8.30. The van der Waals surface area contributed by atoms with Crippen molar-refractivity contribution in [3.63, 3.8) is 0 Å². The van der Waals surface area contributed by atoms with Gasteiger partial charge in [0.15, 0.2) is 0 Å². The zero-order valence-electron chi connectivity index (χ0n) is 11.3. The maximum Gasteiger partial charge on any atom is 0.341 e. The summed E-state index contributed by atoms with van der Waals surface area (Å²) < 4.78 is 1.51. The molecule has 4 aliphatic carbocycles. The van der Waals surface area contributed by atoms with Crippen LogP contribution in [0.1, 0.15) is 48.9 Å². The highest BCUT2D eigenvalue weighted by molar-refractivity contribution is 5.86. The molecule has 5 heteroatoms. The van der Waals surface area contributed by atoms with Crippen molar-refractivity contribution in [2.75, 3.05) is 0 Å². The molecule has 0 aromatic carbocycles. The zero-order chi connectivity index (χ0) is 13.9. The lowest BCUT2D eigenvalue weighted by Gasteiger charge is -2.56. The molecule has 0 radical (unpaired) electrons. The second kappa shape index (κ2) is 3.93. The van der Waals surface area contributed by atoms with Gasteiger partial charge in [0, 0.05) is 6.20 Å². The summed E-state index contributed by atoms with van der Waals surface area (Å²) in [5, 5.41) is 13.4. The van der Waals surface area contributed by atoms with Gasteiger partial charge in [0.25, 0.3) is 5.56 Å². The van der Waals surface area contributed by atoms with E-state index in [2.05, 4.69) is 5.10 Å². The van der Waals surface area contributed by atoms with Crippen molar-refractivity contribution in [3.05, 3.63) is 28.2 Å². The van der Waals surface area contributed by atoms with Crippen LogP contribution in [0.5, 0.6) is 0 Å². The third kappa shape index (κ3) is 1.58. The molecule has 0 atom stereocenters. The molecular formula is C15H18N2O3. The standard InChI is InChI=1S/C15H18N2O3/c18-13-12(14(19)20)1-2-16-17(13)15-6-9-3-10(7-15)5-11(4-9)8-15/h1-2,9-11H,3-8H2,(H,19,20). The van der Waals surface area contributed by atoms with Crippen LogP contribution in [0.4, 0.5) is 0 Å². The molecule has 0 amide bonds. The summed E-state index contributed by atoms with van der Waals surface area (Å²) in [7, 11) is 0. The van der Waals surface area contributed by atoms with Crippen molar-refractivity contribution in [2.45, 2.75) is 44.1 Å². The second-order valence-electron chi connectivity index (χ2n) is 6.91. The van der Waals surface area contributed by atoms with Gasteiger partial charge in [0.1, 0.15) is 5.56 Å². The van der Waals surface area contributed by atoms with Crippen molar-refractivity contribution in [1.82, 2.24) is 9.78 Å². The molecule has 20 heavy (non-hydrogen) atoms. The van der Waals surface area contributed by atoms with Crippen molar-refractivity contribution in [3.8, 4) is 0 Å². The first-order valence-corrected chi connectivity index (χ1v) is 7.39. The van der Waals surface area contributed by atoms with Gasteiger partial charge in [0.2, 0.25) is 0 Å². The number of rotatable bonds is 2. The van der Waals surface area contributed by atoms with Crippen LogP contribution in [0.2, 0.25) is 0 Å². The number of hydrogen-bond acceptors (Lipinski definition) is 3. The van der Waals surface area contributed by atoms with Crippen LogP contribution in [0.25, 0.3) is 0 Å². The normalized spacial score (nSPS) is 38.1. The highest BCUT2D eigenvalue weighted by Crippen LogP contribution is 2.58. The van der Waals surface area contributed by atoms with Gasteiger partial charge >= 0.3 is 5.97 Å². The first-order valence-electron chi connectivity index (χ1n) is 7.39. The average molecular weight is 274 g/mol. The van der Waals surface area contributed by atoms with Crippen molar-refractivity contribution < 1.29 is 9.90 Å². The molecule has 4 saturated carbocycles. The Morgan fingerprint density at radius 2 is 1.75 bits per heavy atom. The number of carboxylic acid groups (broad SMARTS) is 1. The molecule has 0 aliphatic heterocycles. The lowest BCUT2D eigenvalue weighted by Crippen LogP contribution is -2.55. The molecule has 4 fully saturated rings. The lowest BCUT2D eigenvalue weighted by molar-refractivity contribution is -0.0520. The lowest BCUT2D eigenvalue weighted by atomic mass is 9.53. The fourth-order valence-corrected chi connectivity index (χ4v) is 5.24. The van der Waals surface area contributed by atoms with Gasteiger partial charge in [-0.05, 0) is 62.3 Å². The first-order chi connectivity index (χ1) is 9.57. The minimum atomic E-state index is -1.16. The largest absolute Gasteiger partial charge is 0.477 e. The Kier molecular flexibility index (Phi) is 2.38. The molecule has 0 spiro atoms. The van der Waals surface area contributed by atoms with E-state index in [0.29, 0.717) is 17.8 Å². The van der Waals surface area contributed by atoms with Gasteiger partial charge in [-0.15, -0.1) is 0 Å². The number of aromatic nitrogens is 2. The third-order valence-corrected chi connectivity index (χ3v) is 5.53. The van der Waals surface area contributed by atoms with Crippen molar-refractivity contribution in [1.29, 1.82) is 0 Å². The van der Waals surface area contributed by atoms with E-state index in [-0.39, 0.29) is 11.1 Å². The van der Waals surface area contributed by atoms with E-state index in [9.17, 15) is 9.59 Å². The topological polar surface area (TPSA) is 72.2 Å². The fourth-order valence-electron chi connectivity index (χ4n) is 5.24. The Labute approximate surface area is 116 Å². The quantitative estimate of drug-likeness (QED) is 0.893. The fraction of sp³-hybridized carbons (Fsp3) is 0.667. The molecule has 1 heterocycles. The molecule has 0 saturated heterocycles. The van der Waals surface area contributed by atoms with Gasteiger partial charge in [-0.3, -0.25) is 4.79 Å². The van der Waals surface area contributed by atoms with E-state index in [1.54, 1.807) is 0 Å². The predicted octanol–water partition coefficient (Wildman–Crippen LogP) is 1.87. The minimum Gasteiger partial charge on any atom is -0.477 e. The summed E-state index contributed by atoms with van der Waals surface area (Å²) >= 11 is 0. The van der Waals surface area contributed by atoms with E-state index in [1.165, 1.54) is 36.2 Å². The smallest absolute Gasteiger partial charge is 0.341 e. The molecule has 106 valence electrons. The first kappa shape index (κ1) is 12.1. The number of aromatic carboxylic acids is 1. The van der Waals surface area contributed by atoms with Crippen LogP contribution in [0, 0.1) is 17.8 Å². The van der Waals surface area contributed by atoms with E-state index in [4.69, 9.17) is 5.11 Å². The minimum absolute atomic E-state index is 0.157. The van der Waals surface area contributed by atoms with E-state index < -0.39 is 11.5 Å². The Morgan fingerprint density at radius 3 is 2.25 bits per heavy atom. The van der Waals surface area contributed by atoms with Crippen molar-refractivity contribution >= 4 is 5.97 Å². The Balaban J connectivity index is 1.83. The zero-order valence-corrected chi connectivity index (χ0v) is 11.3. The van der Waals surface area contributed by atoms with Gasteiger partial charge in [-0.25, -0.2) is 9.48 Å². The van der Waals surface area contributed by atoms with Gasteiger partial charge in [0.05, 0.1) is 5.54 Å². The molecule has 5 rings (SSSR count). The molecule has 4 bridgehead atoms. The Morgan fingerprint density at radius 1 is 1.20 bits per heavy atom. The van der Waals surface area contributed by atoms with Crippen LogP contribution in [0.3, 0.4) is 0 Å². The summed E-state index contributed by atoms with van der Waals surface area (Å²) in [6, 6.07) is 1.31. The molecule has 4 aliphatic rings. The second-order valence-corrected chi connectivity index (χ2v) is 6.91. The SMILES string of the molecule is O=C(O)c1ccnn(C23CC4CC(CC(C4)C2)C3)c1=O. The van der Waals surface area contributed by atoms with E-state index in [1.807, 2.05) is 0 Å². The molecule has 1 N–H and O–H groups in total. The highest BCUT2D eigenvalue weighted by atomic mass is 16.4. The van der Waals surface area contributed by atoms with Crippen molar-refractivity contribution in [2.24, 2.45) is 17.8 Å². The maximum absolute atomic E-state index is 12.4. The number of carbonyl (C=O) groups is 1. The summed E-state index contributed by atoms with van der Waals surface area (Å²) in [5.74, 6) is 0.936. The Hall–Kier alpha value is -1.65. The molecule has 5 nitrogen and oxygen atoms in total. The Bertz CT molecular complexity index is 599. The van der Waals surface area contributed by atoms with Crippen LogP contribution >= 0.6 is 0 Å². The highest BCUT2D eigenvalue weighted by Gasteiger charge is 2.53. The third-order valence-electron chi connectivity index (χ3n) is 5.53. The monoisotopic (exact) mass is 274 g/mol. The molecule has 1 aromatic heterocycles. The van der Waals surface area contributed by atoms with Crippen LogP contribution in [0.15, 0.2) is 17.1 Å². The maximum atomic E-state index is 12.4. The summed E-state index contributed by atoms with van der Waals surface area (Å²) in [6.45, 7) is 0. The number of nitrogens with zero attached hydrogens (tertiary/aromatic N) is 2. The summed E-state index contributed by atoms with van der Waals surface area (Å²) in [4.78, 5) is 23.6. The number of carboxylic acids is 1.